The third kappa shape index (κ3) is 4.46. The largest absolute Gasteiger partial charge is 0.313 e. The second-order valence-corrected chi connectivity index (χ2v) is 5.65. The minimum atomic E-state index is 0.464. The number of benzene rings is 1. The van der Waals surface area contributed by atoms with Gasteiger partial charge in [0.1, 0.15) is 0 Å². The summed E-state index contributed by atoms with van der Waals surface area (Å²) in [6.07, 6.45) is 3.25. The average molecular weight is 288 g/mol. The summed E-state index contributed by atoms with van der Waals surface area (Å²) >= 11 is 12.3. The predicted octanol–water partition coefficient (Wildman–Crippen LogP) is 4.95. The number of hydrogen-bond donors (Lipinski definition) is 1. The van der Waals surface area contributed by atoms with Crippen LogP contribution in [0.15, 0.2) is 18.2 Å². The molecule has 0 amide bonds. The van der Waals surface area contributed by atoms with Gasteiger partial charge < -0.3 is 5.32 Å². The predicted molar refractivity (Wildman–Crippen MR) is 81.7 cm³/mol. The molecule has 0 saturated carbocycles. The van der Waals surface area contributed by atoms with Crippen molar-refractivity contribution >= 4 is 23.2 Å². The maximum atomic E-state index is 6.26. The molecule has 1 aromatic rings. The summed E-state index contributed by atoms with van der Waals surface area (Å²) in [4.78, 5) is 0. The first-order chi connectivity index (χ1) is 8.60. The van der Waals surface area contributed by atoms with Crippen LogP contribution >= 0.6 is 23.2 Å². The van der Waals surface area contributed by atoms with Crippen LogP contribution in [0.25, 0.3) is 0 Å². The van der Waals surface area contributed by atoms with Gasteiger partial charge >= 0.3 is 0 Å². The standard InChI is InChI=1S/C15H23Cl2N/c1-4-9-18-14(11(3)5-2)10-12-7-6-8-13(16)15(12)17/h6-8,11,14,18H,4-5,9-10H2,1-3H3. The van der Waals surface area contributed by atoms with Crippen LogP contribution in [0.2, 0.25) is 10.0 Å². The van der Waals surface area contributed by atoms with Crippen LogP contribution in [0.5, 0.6) is 0 Å². The van der Waals surface area contributed by atoms with E-state index in [1.165, 1.54) is 6.42 Å². The third-order valence-electron chi connectivity index (χ3n) is 3.46. The van der Waals surface area contributed by atoms with Crippen molar-refractivity contribution in [3.63, 3.8) is 0 Å². The zero-order valence-corrected chi connectivity index (χ0v) is 13.0. The summed E-state index contributed by atoms with van der Waals surface area (Å²) < 4.78 is 0. The van der Waals surface area contributed by atoms with Gasteiger partial charge in [0.15, 0.2) is 0 Å². The van der Waals surface area contributed by atoms with Gasteiger partial charge in [-0.05, 0) is 36.9 Å². The van der Waals surface area contributed by atoms with Gasteiger partial charge in [0, 0.05) is 6.04 Å². The Morgan fingerprint density at radius 3 is 2.56 bits per heavy atom. The van der Waals surface area contributed by atoms with Crippen molar-refractivity contribution in [1.29, 1.82) is 0 Å². The molecule has 1 N–H and O–H groups in total. The zero-order valence-electron chi connectivity index (χ0n) is 11.5. The number of hydrogen-bond acceptors (Lipinski definition) is 1. The van der Waals surface area contributed by atoms with Gasteiger partial charge in [0.2, 0.25) is 0 Å². The van der Waals surface area contributed by atoms with Crippen LogP contribution in [-0.4, -0.2) is 12.6 Å². The topological polar surface area (TPSA) is 12.0 Å². The summed E-state index contributed by atoms with van der Waals surface area (Å²) in [5, 5.41) is 4.96. The first-order valence-electron chi connectivity index (χ1n) is 6.76. The van der Waals surface area contributed by atoms with E-state index in [1.807, 2.05) is 12.1 Å². The van der Waals surface area contributed by atoms with Crippen molar-refractivity contribution in [2.24, 2.45) is 5.92 Å². The monoisotopic (exact) mass is 287 g/mol. The van der Waals surface area contributed by atoms with Gasteiger partial charge in [-0.1, -0.05) is 62.5 Å². The minimum Gasteiger partial charge on any atom is -0.313 e. The molecule has 0 saturated heterocycles. The van der Waals surface area contributed by atoms with Crippen molar-refractivity contribution in [2.75, 3.05) is 6.54 Å². The van der Waals surface area contributed by atoms with Crippen LogP contribution < -0.4 is 5.32 Å². The quantitative estimate of drug-likeness (QED) is 0.748. The van der Waals surface area contributed by atoms with Crippen molar-refractivity contribution in [3.05, 3.63) is 33.8 Å². The molecule has 0 aliphatic rings. The van der Waals surface area contributed by atoms with E-state index in [9.17, 15) is 0 Å². The summed E-state index contributed by atoms with van der Waals surface area (Å²) in [5.74, 6) is 0.631. The fourth-order valence-electron chi connectivity index (χ4n) is 2.03. The van der Waals surface area contributed by atoms with E-state index in [-0.39, 0.29) is 0 Å². The van der Waals surface area contributed by atoms with Crippen LogP contribution in [0, 0.1) is 5.92 Å². The molecule has 0 spiro atoms. The Labute approximate surface area is 121 Å². The van der Waals surface area contributed by atoms with Crippen molar-refractivity contribution in [3.8, 4) is 0 Å². The van der Waals surface area contributed by atoms with E-state index in [1.54, 1.807) is 0 Å². The molecule has 1 aromatic carbocycles. The summed E-state index contributed by atoms with van der Waals surface area (Å²) in [7, 11) is 0. The van der Waals surface area contributed by atoms with Crippen molar-refractivity contribution < 1.29 is 0 Å². The van der Waals surface area contributed by atoms with Crippen LogP contribution in [-0.2, 0) is 6.42 Å². The normalized spacial score (nSPS) is 14.5. The SMILES string of the molecule is CCCNC(Cc1cccc(Cl)c1Cl)C(C)CC. The van der Waals surface area contributed by atoms with E-state index < -0.39 is 0 Å². The Morgan fingerprint density at radius 2 is 1.94 bits per heavy atom. The summed E-state index contributed by atoms with van der Waals surface area (Å²) in [6, 6.07) is 6.34. The maximum absolute atomic E-state index is 6.26. The average Bonchev–Trinajstić information content (AvgIpc) is 2.38. The highest BCUT2D eigenvalue weighted by Crippen LogP contribution is 2.27. The maximum Gasteiger partial charge on any atom is 0.0624 e. The van der Waals surface area contributed by atoms with E-state index in [4.69, 9.17) is 23.2 Å². The lowest BCUT2D eigenvalue weighted by Gasteiger charge is -2.25. The van der Waals surface area contributed by atoms with E-state index in [0.717, 1.165) is 24.9 Å². The molecular formula is C15H23Cl2N. The fraction of sp³-hybridized carbons (Fsp3) is 0.600. The first kappa shape index (κ1) is 15.8. The van der Waals surface area contributed by atoms with Crippen LogP contribution in [0.3, 0.4) is 0 Å². The van der Waals surface area contributed by atoms with Crippen LogP contribution in [0.1, 0.15) is 39.2 Å². The zero-order chi connectivity index (χ0) is 13.5. The molecule has 102 valence electrons. The first-order valence-corrected chi connectivity index (χ1v) is 7.52. The fourth-order valence-corrected chi connectivity index (χ4v) is 2.43. The molecule has 3 heteroatoms. The number of halogens is 2. The lowest BCUT2D eigenvalue weighted by molar-refractivity contribution is 0.365. The lowest BCUT2D eigenvalue weighted by Crippen LogP contribution is -2.37. The highest BCUT2D eigenvalue weighted by molar-refractivity contribution is 6.42. The Kier molecular flexibility index (Phi) is 7.06. The van der Waals surface area contributed by atoms with Gasteiger partial charge in [-0.3, -0.25) is 0 Å². The number of rotatable bonds is 7. The van der Waals surface area contributed by atoms with Crippen LogP contribution in [0.4, 0.5) is 0 Å². The van der Waals surface area contributed by atoms with Gasteiger partial charge in [0.25, 0.3) is 0 Å². The molecule has 0 aromatic heterocycles. The van der Waals surface area contributed by atoms with E-state index in [0.29, 0.717) is 22.0 Å². The van der Waals surface area contributed by atoms with Gasteiger partial charge in [-0.15, -0.1) is 0 Å². The highest BCUT2D eigenvalue weighted by atomic mass is 35.5. The second kappa shape index (κ2) is 8.04. The molecule has 1 rings (SSSR count). The molecule has 2 atom stereocenters. The van der Waals surface area contributed by atoms with Crippen molar-refractivity contribution in [1.82, 2.24) is 5.32 Å². The highest BCUT2D eigenvalue weighted by Gasteiger charge is 2.17. The van der Waals surface area contributed by atoms with Crippen molar-refractivity contribution in [2.45, 2.75) is 46.1 Å². The number of nitrogens with one attached hydrogen (secondary N) is 1. The second-order valence-electron chi connectivity index (χ2n) is 4.86. The third-order valence-corrected chi connectivity index (χ3v) is 4.32. The lowest BCUT2D eigenvalue weighted by atomic mass is 9.93. The minimum absolute atomic E-state index is 0.464. The van der Waals surface area contributed by atoms with E-state index >= 15 is 0 Å². The molecule has 0 aliphatic carbocycles. The summed E-state index contributed by atoms with van der Waals surface area (Å²) in [6.45, 7) is 7.75. The molecule has 0 radical (unpaired) electrons. The Morgan fingerprint density at radius 1 is 1.22 bits per heavy atom. The molecule has 1 nitrogen and oxygen atoms in total. The Hall–Kier alpha value is -0.240. The Balaban J connectivity index is 2.78. The van der Waals surface area contributed by atoms with Gasteiger partial charge in [0.05, 0.1) is 10.0 Å². The molecule has 18 heavy (non-hydrogen) atoms. The molecule has 0 fully saturated rings. The summed E-state index contributed by atoms with van der Waals surface area (Å²) in [5.41, 5.74) is 1.14. The smallest absolute Gasteiger partial charge is 0.0624 e. The molecule has 2 unspecified atom stereocenters. The van der Waals surface area contributed by atoms with Gasteiger partial charge in [-0.2, -0.15) is 0 Å². The molecular weight excluding hydrogens is 265 g/mol. The molecule has 0 bridgehead atoms. The molecule has 0 aliphatic heterocycles. The van der Waals surface area contributed by atoms with E-state index in [2.05, 4.69) is 32.2 Å². The Bertz CT molecular complexity index is 366. The van der Waals surface area contributed by atoms with Gasteiger partial charge in [-0.25, -0.2) is 0 Å². The molecule has 0 heterocycles.